The Morgan fingerprint density at radius 2 is 1.70 bits per heavy atom. The highest BCUT2D eigenvalue weighted by Gasteiger charge is 2.21. The summed E-state index contributed by atoms with van der Waals surface area (Å²) in [5.41, 5.74) is 1.95. The highest BCUT2D eigenvalue weighted by molar-refractivity contribution is 6.33. The third-order valence-electron chi connectivity index (χ3n) is 4.23. The molecule has 3 rings (SSSR count). The number of halogens is 2. The van der Waals surface area contributed by atoms with E-state index >= 15 is 0 Å². The largest absolute Gasteiger partial charge is 0.387 e. The molecule has 1 unspecified atom stereocenters. The van der Waals surface area contributed by atoms with Crippen LogP contribution in [0.1, 0.15) is 11.7 Å². The van der Waals surface area contributed by atoms with Crippen molar-refractivity contribution in [1.82, 2.24) is 4.90 Å². The fourth-order valence-corrected chi connectivity index (χ4v) is 3.40. The molecule has 122 valence electrons. The number of anilines is 1. The molecule has 1 fully saturated rings. The van der Waals surface area contributed by atoms with Crippen molar-refractivity contribution in [1.29, 1.82) is 0 Å². The SMILES string of the molecule is OC(CN1CCN(c2ccccc2Cl)CC1)c1cccc(Cl)c1. The maximum Gasteiger partial charge on any atom is 0.0917 e. The van der Waals surface area contributed by atoms with Crippen LogP contribution in [0.3, 0.4) is 0 Å². The molecule has 5 heteroatoms. The van der Waals surface area contributed by atoms with Gasteiger partial charge in [-0.15, -0.1) is 0 Å². The van der Waals surface area contributed by atoms with Gasteiger partial charge in [0.25, 0.3) is 0 Å². The van der Waals surface area contributed by atoms with Gasteiger partial charge in [-0.2, -0.15) is 0 Å². The number of benzene rings is 2. The van der Waals surface area contributed by atoms with Gasteiger partial charge in [0.1, 0.15) is 0 Å². The van der Waals surface area contributed by atoms with Crippen LogP contribution in [-0.2, 0) is 0 Å². The Labute approximate surface area is 147 Å². The second kappa shape index (κ2) is 7.54. The molecule has 1 heterocycles. The number of rotatable bonds is 4. The maximum absolute atomic E-state index is 10.4. The molecule has 1 N–H and O–H groups in total. The number of β-amino-alcohol motifs (C(OH)–C–C–N with tert-alkyl or cyclic N) is 1. The first kappa shape index (κ1) is 16.6. The predicted octanol–water partition coefficient (Wildman–Crippen LogP) is 3.85. The monoisotopic (exact) mass is 350 g/mol. The van der Waals surface area contributed by atoms with Crippen LogP contribution >= 0.6 is 23.2 Å². The summed E-state index contributed by atoms with van der Waals surface area (Å²) in [4.78, 5) is 4.57. The Hall–Kier alpha value is -1.26. The van der Waals surface area contributed by atoms with Crippen LogP contribution in [0.2, 0.25) is 10.0 Å². The van der Waals surface area contributed by atoms with Crippen molar-refractivity contribution in [2.45, 2.75) is 6.10 Å². The standard InChI is InChI=1S/C18H20Cl2N2O/c19-15-5-3-4-14(12-15)18(23)13-21-8-10-22(11-9-21)17-7-2-1-6-16(17)20/h1-7,12,18,23H,8-11,13H2. The molecule has 3 nitrogen and oxygen atoms in total. The summed E-state index contributed by atoms with van der Waals surface area (Å²) in [7, 11) is 0. The summed E-state index contributed by atoms with van der Waals surface area (Å²) >= 11 is 12.3. The van der Waals surface area contributed by atoms with Crippen molar-refractivity contribution >= 4 is 28.9 Å². The summed E-state index contributed by atoms with van der Waals surface area (Å²) in [6.45, 7) is 4.25. The van der Waals surface area contributed by atoms with Crippen LogP contribution < -0.4 is 4.90 Å². The maximum atomic E-state index is 10.4. The Kier molecular flexibility index (Phi) is 5.44. The van der Waals surface area contributed by atoms with E-state index in [9.17, 15) is 5.11 Å². The highest BCUT2D eigenvalue weighted by Crippen LogP contribution is 2.26. The molecular weight excluding hydrogens is 331 g/mol. The summed E-state index contributed by atoms with van der Waals surface area (Å²) in [5.74, 6) is 0. The normalized spacial score (nSPS) is 17.3. The molecule has 1 aliphatic heterocycles. The number of aliphatic hydroxyl groups is 1. The Bertz CT molecular complexity index is 657. The molecule has 1 saturated heterocycles. The van der Waals surface area contributed by atoms with E-state index in [1.165, 1.54) is 0 Å². The van der Waals surface area contributed by atoms with Gasteiger partial charge in [-0.3, -0.25) is 4.90 Å². The second-order valence-electron chi connectivity index (χ2n) is 5.81. The molecular formula is C18H20Cl2N2O. The van der Waals surface area contributed by atoms with Gasteiger partial charge in [0, 0.05) is 37.7 Å². The lowest BCUT2D eigenvalue weighted by atomic mass is 10.1. The Morgan fingerprint density at radius 3 is 2.39 bits per heavy atom. The van der Waals surface area contributed by atoms with Gasteiger partial charge in [-0.1, -0.05) is 47.5 Å². The Morgan fingerprint density at radius 1 is 0.957 bits per heavy atom. The number of aliphatic hydroxyl groups excluding tert-OH is 1. The predicted molar refractivity (Wildman–Crippen MR) is 96.5 cm³/mol. The highest BCUT2D eigenvalue weighted by atomic mass is 35.5. The second-order valence-corrected chi connectivity index (χ2v) is 6.65. The molecule has 0 aromatic heterocycles. The first-order chi connectivity index (χ1) is 11.1. The van der Waals surface area contributed by atoms with Crippen molar-refractivity contribution in [3.8, 4) is 0 Å². The lowest BCUT2D eigenvalue weighted by molar-refractivity contribution is 0.109. The first-order valence-corrected chi connectivity index (χ1v) is 8.54. The van der Waals surface area contributed by atoms with Crippen LogP contribution in [0.4, 0.5) is 5.69 Å². The fourth-order valence-electron chi connectivity index (χ4n) is 2.94. The summed E-state index contributed by atoms with van der Waals surface area (Å²) in [5, 5.41) is 11.8. The number of piperazine rings is 1. The average Bonchev–Trinajstić information content (AvgIpc) is 2.56. The van der Waals surface area contributed by atoms with E-state index in [1.54, 1.807) is 0 Å². The lowest BCUT2D eigenvalue weighted by Gasteiger charge is -2.37. The van der Waals surface area contributed by atoms with Crippen LogP contribution in [0.5, 0.6) is 0 Å². The molecule has 0 amide bonds. The zero-order valence-electron chi connectivity index (χ0n) is 12.8. The summed E-state index contributed by atoms with van der Waals surface area (Å²) in [6, 6.07) is 15.4. The van der Waals surface area contributed by atoms with Crippen molar-refractivity contribution in [3.63, 3.8) is 0 Å². The minimum Gasteiger partial charge on any atom is -0.387 e. The van der Waals surface area contributed by atoms with E-state index in [2.05, 4.69) is 15.9 Å². The molecule has 1 aliphatic rings. The van der Waals surface area contributed by atoms with Crippen molar-refractivity contribution in [2.24, 2.45) is 0 Å². The van der Waals surface area contributed by atoms with E-state index in [0.717, 1.165) is 42.5 Å². The van der Waals surface area contributed by atoms with E-state index < -0.39 is 6.10 Å². The smallest absolute Gasteiger partial charge is 0.0917 e. The van der Waals surface area contributed by atoms with Crippen molar-refractivity contribution in [3.05, 3.63) is 64.1 Å². The molecule has 0 spiro atoms. The summed E-state index contributed by atoms with van der Waals surface area (Å²) < 4.78 is 0. The number of hydrogen-bond donors (Lipinski definition) is 1. The molecule has 23 heavy (non-hydrogen) atoms. The van der Waals surface area contributed by atoms with Gasteiger partial charge in [-0.25, -0.2) is 0 Å². The Balaban J connectivity index is 1.56. The molecule has 2 aromatic carbocycles. The molecule has 0 aliphatic carbocycles. The number of hydrogen-bond acceptors (Lipinski definition) is 3. The minimum atomic E-state index is -0.513. The third kappa shape index (κ3) is 4.18. The number of para-hydroxylation sites is 1. The zero-order valence-corrected chi connectivity index (χ0v) is 14.3. The van der Waals surface area contributed by atoms with Crippen molar-refractivity contribution in [2.75, 3.05) is 37.6 Å². The van der Waals surface area contributed by atoms with Crippen LogP contribution in [0, 0.1) is 0 Å². The van der Waals surface area contributed by atoms with Gasteiger partial charge in [-0.05, 0) is 29.8 Å². The van der Waals surface area contributed by atoms with Gasteiger partial charge < -0.3 is 10.0 Å². The van der Waals surface area contributed by atoms with Crippen LogP contribution in [0.15, 0.2) is 48.5 Å². The van der Waals surface area contributed by atoms with Gasteiger partial charge in [0.2, 0.25) is 0 Å². The van der Waals surface area contributed by atoms with E-state index in [4.69, 9.17) is 23.2 Å². The number of nitrogens with zero attached hydrogens (tertiary/aromatic N) is 2. The van der Waals surface area contributed by atoms with E-state index in [-0.39, 0.29) is 0 Å². The van der Waals surface area contributed by atoms with E-state index in [1.807, 2.05) is 42.5 Å². The minimum absolute atomic E-state index is 0.513. The van der Waals surface area contributed by atoms with Gasteiger partial charge in [0.15, 0.2) is 0 Å². The fraction of sp³-hybridized carbons (Fsp3) is 0.333. The van der Waals surface area contributed by atoms with Gasteiger partial charge in [0.05, 0.1) is 16.8 Å². The zero-order chi connectivity index (χ0) is 16.2. The molecule has 0 bridgehead atoms. The van der Waals surface area contributed by atoms with E-state index in [0.29, 0.717) is 11.6 Å². The van der Waals surface area contributed by atoms with Crippen LogP contribution in [-0.4, -0.2) is 42.7 Å². The first-order valence-electron chi connectivity index (χ1n) is 7.79. The summed E-state index contributed by atoms with van der Waals surface area (Å²) in [6.07, 6.45) is -0.513. The molecule has 1 atom stereocenters. The topological polar surface area (TPSA) is 26.7 Å². The van der Waals surface area contributed by atoms with Gasteiger partial charge >= 0.3 is 0 Å². The molecule has 2 aromatic rings. The average molecular weight is 351 g/mol. The van der Waals surface area contributed by atoms with Crippen LogP contribution in [0.25, 0.3) is 0 Å². The third-order valence-corrected chi connectivity index (χ3v) is 4.78. The van der Waals surface area contributed by atoms with Crippen molar-refractivity contribution < 1.29 is 5.11 Å². The lowest BCUT2D eigenvalue weighted by Crippen LogP contribution is -2.47. The molecule has 0 radical (unpaired) electrons. The molecule has 0 saturated carbocycles. The quantitative estimate of drug-likeness (QED) is 0.907.